The first-order valence-corrected chi connectivity index (χ1v) is 5.30. The van der Waals surface area contributed by atoms with E-state index in [1.807, 2.05) is 0 Å². The molecule has 0 aromatic rings. The summed E-state index contributed by atoms with van der Waals surface area (Å²) in [4.78, 5) is 2.24. The van der Waals surface area contributed by atoms with Crippen molar-refractivity contribution >= 4 is 11.6 Å². The summed E-state index contributed by atoms with van der Waals surface area (Å²) in [6.07, 6.45) is 5.09. The summed E-state index contributed by atoms with van der Waals surface area (Å²) in [5.41, 5.74) is 0. The van der Waals surface area contributed by atoms with Crippen LogP contribution >= 0.6 is 11.6 Å². The molecule has 13 heavy (non-hydrogen) atoms. The lowest BCUT2D eigenvalue weighted by molar-refractivity contribution is 0.164. The molecule has 1 rings (SSSR count). The highest BCUT2D eigenvalue weighted by Gasteiger charge is 2.21. The third-order valence-electron chi connectivity index (χ3n) is 2.60. The molecule has 0 atom stereocenters. The van der Waals surface area contributed by atoms with E-state index in [9.17, 15) is 0 Å². The fraction of sp³-hybridized carbons (Fsp3) is 0.800. The maximum atomic E-state index is 8.90. The van der Waals surface area contributed by atoms with Gasteiger partial charge in [-0.1, -0.05) is 31.0 Å². The minimum absolute atomic E-state index is 0.209. The van der Waals surface area contributed by atoms with Gasteiger partial charge in [0.15, 0.2) is 0 Å². The first-order chi connectivity index (χ1) is 6.24. The van der Waals surface area contributed by atoms with Gasteiger partial charge < -0.3 is 5.11 Å². The van der Waals surface area contributed by atoms with Crippen LogP contribution in [0.25, 0.3) is 0 Å². The number of halogens is 1. The number of aliphatic hydroxyl groups excluding tert-OH is 1. The minimum atomic E-state index is 0.209. The van der Waals surface area contributed by atoms with Crippen LogP contribution in [-0.4, -0.2) is 35.7 Å². The van der Waals surface area contributed by atoms with Crippen LogP contribution in [0.4, 0.5) is 0 Å². The Balaban J connectivity index is 2.39. The van der Waals surface area contributed by atoms with E-state index in [0.29, 0.717) is 17.6 Å². The maximum absolute atomic E-state index is 8.90. The highest BCUT2D eigenvalue weighted by molar-refractivity contribution is 6.29. The van der Waals surface area contributed by atoms with Gasteiger partial charge in [0, 0.05) is 24.2 Å². The third kappa shape index (κ3) is 3.67. The molecule has 0 unspecified atom stereocenters. The summed E-state index contributed by atoms with van der Waals surface area (Å²) in [6.45, 7) is 5.33. The second-order valence-electron chi connectivity index (χ2n) is 3.65. The minimum Gasteiger partial charge on any atom is -0.395 e. The van der Waals surface area contributed by atoms with Crippen LogP contribution in [0.1, 0.15) is 25.7 Å². The molecule has 1 N–H and O–H groups in total. The van der Waals surface area contributed by atoms with Crippen LogP contribution < -0.4 is 0 Å². The lowest BCUT2D eigenvalue weighted by Crippen LogP contribution is -2.36. The average Bonchev–Trinajstić information content (AvgIpc) is 2.54. The van der Waals surface area contributed by atoms with Gasteiger partial charge in [0.25, 0.3) is 0 Å². The Labute approximate surface area is 85.2 Å². The number of hydrogen-bond donors (Lipinski definition) is 1. The van der Waals surface area contributed by atoms with Crippen LogP contribution in [0.5, 0.6) is 0 Å². The molecule has 1 fully saturated rings. The Morgan fingerprint density at radius 3 is 2.54 bits per heavy atom. The van der Waals surface area contributed by atoms with E-state index < -0.39 is 0 Å². The normalized spacial score (nSPS) is 18.4. The molecule has 0 aromatic heterocycles. The molecule has 76 valence electrons. The van der Waals surface area contributed by atoms with Gasteiger partial charge in [-0.15, -0.1) is 0 Å². The lowest BCUT2D eigenvalue weighted by atomic mass is 10.2. The van der Waals surface area contributed by atoms with Crippen molar-refractivity contribution in [3.8, 4) is 0 Å². The molecule has 0 bridgehead atoms. The molecule has 3 heteroatoms. The topological polar surface area (TPSA) is 23.5 Å². The monoisotopic (exact) mass is 203 g/mol. The van der Waals surface area contributed by atoms with Crippen molar-refractivity contribution in [2.24, 2.45) is 0 Å². The van der Waals surface area contributed by atoms with Crippen molar-refractivity contribution in [2.75, 3.05) is 19.7 Å². The molecule has 0 saturated heterocycles. The van der Waals surface area contributed by atoms with Gasteiger partial charge >= 0.3 is 0 Å². The molecule has 0 aliphatic heterocycles. The summed E-state index contributed by atoms with van der Waals surface area (Å²) in [5.74, 6) is 0. The number of nitrogens with zero attached hydrogens (tertiary/aromatic N) is 1. The van der Waals surface area contributed by atoms with Crippen molar-refractivity contribution < 1.29 is 5.11 Å². The number of rotatable bonds is 5. The second kappa shape index (κ2) is 5.63. The van der Waals surface area contributed by atoms with Crippen LogP contribution in [0.3, 0.4) is 0 Å². The predicted molar refractivity (Wildman–Crippen MR) is 55.9 cm³/mol. The van der Waals surface area contributed by atoms with Gasteiger partial charge in [-0.2, -0.15) is 0 Å². The quantitative estimate of drug-likeness (QED) is 0.739. The van der Waals surface area contributed by atoms with Crippen LogP contribution in [0, 0.1) is 0 Å². The Kier molecular flexibility index (Phi) is 4.78. The SMILES string of the molecule is C=C(Cl)CN(CCO)C1CCCC1. The average molecular weight is 204 g/mol. The van der Waals surface area contributed by atoms with Crippen molar-refractivity contribution in [3.63, 3.8) is 0 Å². The largest absolute Gasteiger partial charge is 0.395 e. The fourth-order valence-electron chi connectivity index (χ4n) is 2.01. The Hall–Kier alpha value is -0.0500. The molecular formula is C10H18ClNO. The molecule has 0 spiro atoms. The lowest BCUT2D eigenvalue weighted by Gasteiger charge is -2.27. The van der Waals surface area contributed by atoms with Gasteiger partial charge in [-0.05, 0) is 12.8 Å². The molecule has 0 amide bonds. The van der Waals surface area contributed by atoms with E-state index in [1.165, 1.54) is 25.7 Å². The zero-order chi connectivity index (χ0) is 9.68. The summed E-state index contributed by atoms with van der Waals surface area (Å²) in [7, 11) is 0. The van der Waals surface area contributed by atoms with Crippen molar-refractivity contribution in [3.05, 3.63) is 11.6 Å². The molecular weight excluding hydrogens is 186 g/mol. The maximum Gasteiger partial charge on any atom is 0.0558 e. The molecule has 0 aromatic carbocycles. The first kappa shape index (κ1) is 11.0. The predicted octanol–water partition coefficient (Wildman–Crippen LogP) is 1.98. The van der Waals surface area contributed by atoms with Crippen molar-refractivity contribution in [2.45, 2.75) is 31.7 Å². The van der Waals surface area contributed by atoms with E-state index in [2.05, 4.69) is 11.5 Å². The summed E-state index contributed by atoms with van der Waals surface area (Å²) >= 11 is 5.77. The number of hydrogen-bond acceptors (Lipinski definition) is 2. The molecule has 1 aliphatic rings. The molecule has 2 nitrogen and oxygen atoms in total. The molecule has 0 heterocycles. The highest BCUT2D eigenvalue weighted by atomic mass is 35.5. The second-order valence-corrected chi connectivity index (χ2v) is 4.18. The van der Waals surface area contributed by atoms with Gasteiger partial charge in [0.1, 0.15) is 0 Å². The highest BCUT2D eigenvalue weighted by Crippen LogP contribution is 2.24. The summed E-state index contributed by atoms with van der Waals surface area (Å²) in [6, 6.07) is 0.614. The van der Waals surface area contributed by atoms with Crippen LogP contribution in [-0.2, 0) is 0 Å². The molecule has 0 radical (unpaired) electrons. The van der Waals surface area contributed by atoms with E-state index in [0.717, 1.165) is 6.54 Å². The Bertz CT molecular complexity index is 166. The van der Waals surface area contributed by atoms with E-state index in [4.69, 9.17) is 16.7 Å². The summed E-state index contributed by atoms with van der Waals surface area (Å²) < 4.78 is 0. The van der Waals surface area contributed by atoms with Crippen molar-refractivity contribution in [1.29, 1.82) is 0 Å². The van der Waals surface area contributed by atoms with Gasteiger partial charge in [-0.3, -0.25) is 4.90 Å². The summed E-state index contributed by atoms with van der Waals surface area (Å²) in [5, 5.41) is 9.56. The fourth-order valence-corrected chi connectivity index (χ4v) is 2.16. The van der Waals surface area contributed by atoms with Crippen LogP contribution in [0.15, 0.2) is 11.6 Å². The van der Waals surface area contributed by atoms with E-state index >= 15 is 0 Å². The zero-order valence-corrected chi connectivity index (χ0v) is 8.76. The first-order valence-electron chi connectivity index (χ1n) is 4.92. The van der Waals surface area contributed by atoms with Crippen LogP contribution in [0.2, 0.25) is 0 Å². The van der Waals surface area contributed by atoms with E-state index in [1.54, 1.807) is 0 Å². The Morgan fingerprint density at radius 2 is 2.08 bits per heavy atom. The molecule has 1 saturated carbocycles. The Morgan fingerprint density at radius 1 is 1.46 bits per heavy atom. The third-order valence-corrected chi connectivity index (χ3v) is 2.72. The van der Waals surface area contributed by atoms with Gasteiger partial charge in [0.05, 0.1) is 6.61 Å². The van der Waals surface area contributed by atoms with E-state index in [-0.39, 0.29) is 6.61 Å². The van der Waals surface area contributed by atoms with Gasteiger partial charge in [0.2, 0.25) is 0 Å². The van der Waals surface area contributed by atoms with Gasteiger partial charge in [-0.25, -0.2) is 0 Å². The number of aliphatic hydroxyl groups is 1. The zero-order valence-electron chi connectivity index (χ0n) is 8.01. The van der Waals surface area contributed by atoms with Crippen molar-refractivity contribution in [1.82, 2.24) is 4.90 Å². The smallest absolute Gasteiger partial charge is 0.0558 e. The molecule has 1 aliphatic carbocycles. The standard InChI is InChI=1S/C10H18ClNO/c1-9(11)8-12(6-7-13)10-4-2-3-5-10/h10,13H,1-8H2.